The maximum absolute atomic E-state index is 13.5. The van der Waals surface area contributed by atoms with Crippen LogP contribution in [0.25, 0.3) is 0 Å². The van der Waals surface area contributed by atoms with Crippen molar-refractivity contribution in [2.24, 2.45) is 5.92 Å². The van der Waals surface area contributed by atoms with Crippen LogP contribution in [-0.4, -0.2) is 47.6 Å². The van der Waals surface area contributed by atoms with E-state index < -0.39 is 12.0 Å². The Morgan fingerprint density at radius 2 is 1.59 bits per heavy atom. The number of anilines is 1. The number of hydrazine groups is 1. The number of carbonyl (C=O) groups excluding carboxylic acids is 2. The first-order valence-electron chi connectivity index (χ1n) is 9.99. The minimum atomic E-state index is -0.426. The summed E-state index contributed by atoms with van der Waals surface area (Å²) in [5.74, 6) is 0.0895. The van der Waals surface area contributed by atoms with Crippen molar-refractivity contribution in [3.8, 4) is 5.75 Å². The third-order valence-electron chi connectivity index (χ3n) is 6.02. The molecule has 0 bridgehead atoms. The molecule has 3 aliphatic rings. The molecular formula is C22H22BrN3O3. The maximum atomic E-state index is 13.5. The Kier molecular flexibility index (Phi) is 4.69. The first-order chi connectivity index (χ1) is 14.1. The van der Waals surface area contributed by atoms with Gasteiger partial charge in [-0.15, -0.1) is 0 Å². The van der Waals surface area contributed by atoms with Gasteiger partial charge in [0.15, 0.2) is 0 Å². The van der Waals surface area contributed by atoms with E-state index in [1.54, 1.807) is 12.1 Å². The number of rotatable bonds is 4. The summed E-state index contributed by atoms with van der Waals surface area (Å²) < 4.78 is 6.48. The summed E-state index contributed by atoms with van der Waals surface area (Å²) in [4.78, 5) is 28.2. The quantitative estimate of drug-likeness (QED) is 0.661. The van der Waals surface area contributed by atoms with Crippen LogP contribution in [-0.2, 0) is 9.59 Å². The first kappa shape index (κ1) is 18.8. The van der Waals surface area contributed by atoms with E-state index in [-0.39, 0.29) is 17.9 Å². The molecule has 3 aliphatic heterocycles. The number of ether oxygens (including phenoxy) is 1. The van der Waals surface area contributed by atoms with Crippen molar-refractivity contribution in [2.45, 2.75) is 25.4 Å². The average molecular weight is 456 g/mol. The highest BCUT2D eigenvalue weighted by molar-refractivity contribution is 9.10. The van der Waals surface area contributed by atoms with Crippen molar-refractivity contribution >= 4 is 33.4 Å². The molecule has 0 aromatic heterocycles. The Bertz CT molecular complexity index is 947. The van der Waals surface area contributed by atoms with Crippen LogP contribution >= 0.6 is 15.9 Å². The molecule has 5 rings (SSSR count). The Balaban J connectivity index is 1.51. The van der Waals surface area contributed by atoms with Gasteiger partial charge in [0.05, 0.1) is 24.3 Å². The third kappa shape index (κ3) is 2.91. The topological polar surface area (TPSA) is 53.1 Å². The fourth-order valence-electron chi connectivity index (χ4n) is 4.89. The van der Waals surface area contributed by atoms with Gasteiger partial charge in [0.2, 0.25) is 5.91 Å². The van der Waals surface area contributed by atoms with Crippen molar-refractivity contribution in [3.63, 3.8) is 0 Å². The Labute approximate surface area is 178 Å². The number of nitrogens with zero attached hydrogens (tertiary/aromatic N) is 3. The minimum absolute atomic E-state index is 0.111. The lowest BCUT2D eigenvalue weighted by molar-refractivity contribution is -0.126. The van der Waals surface area contributed by atoms with Gasteiger partial charge in [-0.05, 0) is 55.3 Å². The second-order valence-corrected chi connectivity index (χ2v) is 8.50. The van der Waals surface area contributed by atoms with E-state index >= 15 is 0 Å². The summed E-state index contributed by atoms with van der Waals surface area (Å²) in [6.07, 6.45) is 1.00. The van der Waals surface area contributed by atoms with Gasteiger partial charge < -0.3 is 4.74 Å². The number of imide groups is 1. The number of carbonyl (C=O) groups is 2. The molecule has 3 heterocycles. The summed E-state index contributed by atoms with van der Waals surface area (Å²) in [7, 11) is 0. The largest absolute Gasteiger partial charge is 0.494 e. The number of benzene rings is 2. The van der Waals surface area contributed by atoms with E-state index in [0.29, 0.717) is 12.3 Å². The highest BCUT2D eigenvalue weighted by atomic mass is 79.9. The molecule has 3 fully saturated rings. The van der Waals surface area contributed by atoms with Gasteiger partial charge in [0, 0.05) is 17.6 Å². The molecule has 2 aromatic carbocycles. The van der Waals surface area contributed by atoms with Crippen LogP contribution in [0.15, 0.2) is 53.0 Å². The second kappa shape index (κ2) is 7.23. The molecule has 0 radical (unpaired) electrons. The maximum Gasteiger partial charge on any atom is 0.253 e. The van der Waals surface area contributed by atoms with Crippen molar-refractivity contribution in [2.75, 3.05) is 24.6 Å². The number of fused-ring (bicyclic) bond motifs is 3. The van der Waals surface area contributed by atoms with Crippen LogP contribution in [0.5, 0.6) is 5.75 Å². The smallest absolute Gasteiger partial charge is 0.253 e. The molecule has 0 spiro atoms. The van der Waals surface area contributed by atoms with Gasteiger partial charge in [-0.2, -0.15) is 0 Å². The standard InChI is InChI=1S/C22H22BrN3O3/c1-2-29-17-10-8-16(9-11-17)26-21(27)18-19(14-4-6-15(23)7-5-14)24-12-3-13-25(24)20(18)22(26)28/h4-11,18-20H,2-3,12-13H2,1H3/t18-,19+,20+/m1/s1. The Morgan fingerprint density at radius 1 is 0.931 bits per heavy atom. The van der Waals surface area contributed by atoms with E-state index in [0.717, 1.165) is 35.3 Å². The predicted molar refractivity (Wildman–Crippen MR) is 112 cm³/mol. The van der Waals surface area contributed by atoms with E-state index in [4.69, 9.17) is 4.74 Å². The van der Waals surface area contributed by atoms with Crippen LogP contribution in [0.4, 0.5) is 5.69 Å². The Hall–Kier alpha value is -2.22. The van der Waals surface area contributed by atoms with Gasteiger partial charge in [-0.1, -0.05) is 28.1 Å². The molecule has 2 amide bonds. The lowest BCUT2D eigenvalue weighted by Crippen LogP contribution is -2.44. The summed E-state index contributed by atoms with van der Waals surface area (Å²) in [5, 5.41) is 4.34. The molecule has 7 heteroatoms. The molecule has 0 unspecified atom stereocenters. The molecule has 150 valence electrons. The number of halogens is 1. The Morgan fingerprint density at radius 3 is 2.24 bits per heavy atom. The summed E-state index contributed by atoms with van der Waals surface area (Å²) in [6, 6.07) is 14.7. The van der Waals surface area contributed by atoms with Crippen molar-refractivity contribution < 1.29 is 14.3 Å². The molecule has 0 saturated carbocycles. The molecule has 2 aromatic rings. The highest BCUT2D eigenvalue weighted by Gasteiger charge is 2.62. The van der Waals surface area contributed by atoms with Crippen LogP contribution in [0.2, 0.25) is 0 Å². The van der Waals surface area contributed by atoms with E-state index in [2.05, 4.69) is 25.9 Å². The summed E-state index contributed by atoms with van der Waals surface area (Å²) >= 11 is 3.48. The number of amides is 2. The zero-order valence-electron chi connectivity index (χ0n) is 16.1. The molecule has 0 N–H and O–H groups in total. The molecule has 6 nitrogen and oxygen atoms in total. The normalized spacial score (nSPS) is 26.8. The van der Waals surface area contributed by atoms with Crippen LogP contribution in [0.3, 0.4) is 0 Å². The van der Waals surface area contributed by atoms with Crippen molar-refractivity contribution in [1.82, 2.24) is 10.0 Å². The van der Waals surface area contributed by atoms with Crippen LogP contribution in [0, 0.1) is 5.92 Å². The third-order valence-corrected chi connectivity index (χ3v) is 6.55. The van der Waals surface area contributed by atoms with Crippen LogP contribution in [0.1, 0.15) is 24.9 Å². The fraction of sp³-hybridized carbons (Fsp3) is 0.364. The lowest BCUT2D eigenvalue weighted by atomic mass is 9.90. The minimum Gasteiger partial charge on any atom is -0.494 e. The zero-order valence-corrected chi connectivity index (χ0v) is 17.7. The molecule has 3 saturated heterocycles. The number of hydrogen-bond donors (Lipinski definition) is 0. The van der Waals surface area contributed by atoms with Gasteiger partial charge in [0.25, 0.3) is 5.91 Å². The van der Waals surface area contributed by atoms with Gasteiger partial charge in [0.1, 0.15) is 11.8 Å². The van der Waals surface area contributed by atoms with Gasteiger partial charge in [-0.3, -0.25) is 9.59 Å². The van der Waals surface area contributed by atoms with Crippen LogP contribution < -0.4 is 9.64 Å². The fourth-order valence-corrected chi connectivity index (χ4v) is 5.15. The first-order valence-corrected chi connectivity index (χ1v) is 10.8. The number of hydrogen-bond acceptors (Lipinski definition) is 5. The van der Waals surface area contributed by atoms with Crippen molar-refractivity contribution in [3.05, 3.63) is 58.6 Å². The van der Waals surface area contributed by atoms with Gasteiger partial charge in [-0.25, -0.2) is 14.9 Å². The SMILES string of the molecule is CCOc1ccc(N2C(=O)[C@H]3[C@@H](C2=O)N2CCCN2[C@H]3c2ccc(Br)cc2)cc1. The van der Waals surface area contributed by atoms with E-state index in [1.165, 1.54) is 4.90 Å². The molecular weight excluding hydrogens is 434 g/mol. The molecule has 29 heavy (non-hydrogen) atoms. The highest BCUT2D eigenvalue weighted by Crippen LogP contribution is 2.49. The van der Waals surface area contributed by atoms with Gasteiger partial charge >= 0.3 is 0 Å². The molecule has 3 atom stereocenters. The second-order valence-electron chi connectivity index (χ2n) is 7.59. The zero-order chi connectivity index (χ0) is 20.1. The van der Waals surface area contributed by atoms with Crippen molar-refractivity contribution in [1.29, 1.82) is 0 Å². The summed E-state index contributed by atoms with van der Waals surface area (Å²) in [6.45, 7) is 4.18. The monoisotopic (exact) mass is 455 g/mol. The van der Waals surface area contributed by atoms with E-state index in [9.17, 15) is 9.59 Å². The lowest BCUT2D eigenvalue weighted by Gasteiger charge is -2.29. The molecule has 0 aliphatic carbocycles. The van der Waals surface area contributed by atoms with E-state index in [1.807, 2.05) is 43.3 Å². The average Bonchev–Trinajstić information content (AvgIpc) is 3.36. The predicted octanol–water partition coefficient (Wildman–Crippen LogP) is 3.38. The summed E-state index contributed by atoms with van der Waals surface area (Å²) in [5.41, 5.74) is 1.68.